The Labute approximate surface area is 158 Å². The van der Waals surface area contributed by atoms with E-state index in [1.165, 1.54) is 22.0 Å². The molecular weight excluding hydrogens is 366 g/mol. The van der Waals surface area contributed by atoms with Gasteiger partial charge < -0.3 is 10.1 Å². The average molecular weight is 387 g/mol. The first-order valence-electron chi connectivity index (χ1n) is 8.85. The number of anilines is 1. The van der Waals surface area contributed by atoms with Crippen molar-refractivity contribution in [3.05, 3.63) is 54.1 Å². The second-order valence-corrected chi connectivity index (χ2v) is 8.60. The van der Waals surface area contributed by atoms with Crippen molar-refractivity contribution in [2.75, 3.05) is 38.1 Å². The van der Waals surface area contributed by atoms with Crippen LogP contribution in [-0.4, -0.2) is 56.3 Å². The minimum Gasteiger partial charge on any atom is -0.482 e. The number of nitrogens with one attached hydrogen (secondary N) is 1. The Morgan fingerprint density at radius 1 is 1.00 bits per heavy atom. The molecule has 0 aromatic heterocycles. The highest BCUT2D eigenvalue weighted by atomic mass is 32.2. The van der Waals surface area contributed by atoms with E-state index in [9.17, 15) is 13.2 Å². The van der Waals surface area contributed by atoms with Crippen LogP contribution in [0.4, 0.5) is 5.69 Å². The second kappa shape index (κ2) is 7.30. The number of piperazine rings is 1. The van der Waals surface area contributed by atoms with Gasteiger partial charge in [-0.15, -0.1) is 0 Å². The first-order valence-corrected chi connectivity index (χ1v) is 10.3. The molecule has 0 aliphatic carbocycles. The predicted octanol–water partition coefficient (Wildman–Crippen LogP) is 1.52. The lowest BCUT2D eigenvalue weighted by atomic mass is 10.2. The maximum atomic E-state index is 13.0. The van der Waals surface area contributed by atoms with Gasteiger partial charge in [-0.2, -0.15) is 4.31 Å². The summed E-state index contributed by atoms with van der Waals surface area (Å²) in [5, 5.41) is 2.67. The van der Waals surface area contributed by atoms with Crippen molar-refractivity contribution in [3.63, 3.8) is 0 Å². The molecule has 27 heavy (non-hydrogen) atoms. The first kappa shape index (κ1) is 18.0. The molecule has 0 spiro atoms. The van der Waals surface area contributed by atoms with Crippen molar-refractivity contribution in [2.24, 2.45) is 0 Å². The Morgan fingerprint density at radius 2 is 1.74 bits per heavy atom. The van der Waals surface area contributed by atoms with Crippen LogP contribution in [0.1, 0.15) is 5.56 Å². The lowest BCUT2D eigenvalue weighted by Crippen LogP contribution is -2.48. The summed E-state index contributed by atoms with van der Waals surface area (Å²) in [6, 6.07) is 14.7. The fraction of sp³-hybridized carbons (Fsp3) is 0.316. The van der Waals surface area contributed by atoms with E-state index in [1.807, 2.05) is 18.2 Å². The SMILES string of the molecule is O=C1COc2cc(S(=O)(=O)N3CCN(Cc4ccccc4)CC3)ccc2N1. The zero-order valence-electron chi connectivity index (χ0n) is 14.8. The van der Waals surface area contributed by atoms with Crippen molar-refractivity contribution in [3.8, 4) is 5.75 Å². The molecule has 1 amide bonds. The molecular formula is C19H21N3O4S. The van der Waals surface area contributed by atoms with Crippen molar-refractivity contribution >= 4 is 21.6 Å². The van der Waals surface area contributed by atoms with E-state index in [1.54, 1.807) is 6.07 Å². The number of fused-ring (bicyclic) bond motifs is 1. The Balaban J connectivity index is 1.44. The molecule has 4 rings (SSSR count). The topological polar surface area (TPSA) is 79.0 Å². The number of rotatable bonds is 4. The van der Waals surface area contributed by atoms with Crippen LogP contribution >= 0.6 is 0 Å². The summed E-state index contributed by atoms with van der Waals surface area (Å²) >= 11 is 0. The normalized spacial score (nSPS) is 18.4. The average Bonchev–Trinajstić information content (AvgIpc) is 2.69. The van der Waals surface area contributed by atoms with Gasteiger partial charge in [-0.1, -0.05) is 30.3 Å². The van der Waals surface area contributed by atoms with Gasteiger partial charge in [-0.25, -0.2) is 8.42 Å². The Morgan fingerprint density at radius 3 is 2.48 bits per heavy atom. The smallest absolute Gasteiger partial charge is 0.262 e. The van der Waals surface area contributed by atoms with Crippen LogP contribution in [0, 0.1) is 0 Å². The minimum atomic E-state index is -3.59. The number of benzene rings is 2. The lowest BCUT2D eigenvalue weighted by molar-refractivity contribution is -0.118. The molecule has 0 atom stereocenters. The summed E-state index contributed by atoms with van der Waals surface area (Å²) in [5.74, 6) is 0.144. The van der Waals surface area contributed by atoms with E-state index >= 15 is 0 Å². The van der Waals surface area contributed by atoms with Gasteiger partial charge in [-0.05, 0) is 17.7 Å². The fourth-order valence-electron chi connectivity index (χ4n) is 3.33. The van der Waals surface area contributed by atoms with Gasteiger partial charge in [0.2, 0.25) is 10.0 Å². The van der Waals surface area contributed by atoms with Crippen LogP contribution in [0.2, 0.25) is 0 Å². The molecule has 2 aliphatic heterocycles. The molecule has 7 nitrogen and oxygen atoms in total. The molecule has 2 aromatic carbocycles. The largest absolute Gasteiger partial charge is 0.482 e. The second-order valence-electron chi connectivity index (χ2n) is 6.66. The standard InChI is InChI=1S/C19H21N3O4S/c23-19-14-26-18-12-16(6-7-17(18)20-19)27(24,25)22-10-8-21(9-11-22)13-15-4-2-1-3-5-15/h1-7,12H,8-11,13-14H2,(H,20,23). The van der Waals surface area contributed by atoms with Crippen LogP contribution in [0.25, 0.3) is 0 Å². The summed E-state index contributed by atoms with van der Waals surface area (Å²) in [5.41, 5.74) is 1.72. The van der Waals surface area contributed by atoms with Gasteiger partial charge in [0.1, 0.15) is 5.75 Å². The number of nitrogens with zero attached hydrogens (tertiary/aromatic N) is 2. The van der Waals surface area contributed by atoms with Gasteiger partial charge in [-0.3, -0.25) is 9.69 Å². The van der Waals surface area contributed by atoms with Crippen LogP contribution in [0.3, 0.4) is 0 Å². The number of carbonyl (C=O) groups is 1. The van der Waals surface area contributed by atoms with Gasteiger partial charge in [0.15, 0.2) is 6.61 Å². The number of ether oxygens (including phenoxy) is 1. The van der Waals surface area contributed by atoms with Crippen molar-refractivity contribution in [1.82, 2.24) is 9.21 Å². The predicted molar refractivity (Wildman–Crippen MR) is 101 cm³/mol. The number of carbonyl (C=O) groups excluding carboxylic acids is 1. The summed E-state index contributed by atoms with van der Waals surface area (Å²) in [6.45, 7) is 2.99. The van der Waals surface area contributed by atoms with E-state index in [0.717, 1.165) is 6.54 Å². The molecule has 0 unspecified atom stereocenters. The molecule has 1 fully saturated rings. The zero-order chi connectivity index (χ0) is 18.9. The molecule has 0 saturated carbocycles. The molecule has 8 heteroatoms. The maximum Gasteiger partial charge on any atom is 0.262 e. The van der Waals surface area contributed by atoms with Crippen LogP contribution in [0.15, 0.2) is 53.4 Å². The zero-order valence-corrected chi connectivity index (χ0v) is 15.6. The summed E-state index contributed by atoms with van der Waals surface area (Å²) in [6.07, 6.45) is 0. The summed E-state index contributed by atoms with van der Waals surface area (Å²) < 4.78 is 32.8. The Hall–Kier alpha value is -2.42. The molecule has 142 valence electrons. The van der Waals surface area contributed by atoms with E-state index in [-0.39, 0.29) is 17.4 Å². The van der Waals surface area contributed by atoms with Crippen molar-refractivity contribution in [1.29, 1.82) is 0 Å². The number of sulfonamides is 1. The van der Waals surface area contributed by atoms with E-state index in [2.05, 4.69) is 22.3 Å². The molecule has 2 aromatic rings. The monoisotopic (exact) mass is 387 g/mol. The summed E-state index contributed by atoms with van der Waals surface area (Å²) in [7, 11) is -3.59. The van der Waals surface area contributed by atoms with E-state index in [4.69, 9.17) is 4.74 Å². The lowest BCUT2D eigenvalue weighted by Gasteiger charge is -2.34. The quantitative estimate of drug-likeness (QED) is 0.861. The molecule has 2 aliphatic rings. The molecule has 1 N–H and O–H groups in total. The minimum absolute atomic E-state index is 0.103. The van der Waals surface area contributed by atoms with E-state index < -0.39 is 10.0 Å². The highest BCUT2D eigenvalue weighted by molar-refractivity contribution is 7.89. The Kier molecular flexibility index (Phi) is 4.86. The van der Waals surface area contributed by atoms with Gasteiger partial charge in [0.05, 0.1) is 10.6 Å². The molecule has 1 saturated heterocycles. The Bertz CT molecular complexity index is 939. The third kappa shape index (κ3) is 3.83. The maximum absolute atomic E-state index is 13.0. The molecule has 0 radical (unpaired) electrons. The van der Waals surface area contributed by atoms with Gasteiger partial charge >= 0.3 is 0 Å². The van der Waals surface area contributed by atoms with E-state index in [0.29, 0.717) is 37.6 Å². The number of hydrogen-bond acceptors (Lipinski definition) is 5. The van der Waals surface area contributed by atoms with Crippen LogP contribution in [-0.2, 0) is 21.4 Å². The third-order valence-electron chi connectivity index (χ3n) is 4.80. The van der Waals surface area contributed by atoms with Crippen LogP contribution < -0.4 is 10.1 Å². The number of amides is 1. The number of hydrogen-bond donors (Lipinski definition) is 1. The highest BCUT2D eigenvalue weighted by Gasteiger charge is 2.29. The van der Waals surface area contributed by atoms with Crippen LogP contribution in [0.5, 0.6) is 5.75 Å². The van der Waals surface area contributed by atoms with Crippen molar-refractivity contribution in [2.45, 2.75) is 11.4 Å². The first-order chi connectivity index (χ1) is 13.0. The highest BCUT2D eigenvalue weighted by Crippen LogP contribution is 2.31. The van der Waals surface area contributed by atoms with Gasteiger partial charge in [0.25, 0.3) is 5.91 Å². The fourth-order valence-corrected chi connectivity index (χ4v) is 4.77. The third-order valence-corrected chi connectivity index (χ3v) is 6.70. The van der Waals surface area contributed by atoms with Crippen molar-refractivity contribution < 1.29 is 17.9 Å². The summed E-state index contributed by atoms with van der Waals surface area (Å²) in [4.78, 5) is 13.8. The molecule has 0 bridgehead atoms. The van der Waals surface area contributed by atoms with Gasteiger partial charge in [0, 0.05) is 38.8 Å². The molecule has 2 heterocycles.